The van der Waals surface area contributed by atoms with Gasteiger partial charge in [0.05, 0.1) is 35.2 Å². The van der Waals surface area contributed by atoms with Crippen molar-refractivity contribution in [1.29, 1.82) is 0 Å². The maximum Gasteiger partial charge on any atom is 0.411 e. The molecule has 0 fully saturated rings. The van der Waals surface area contributed by atoms with Gasteiger partial charge in [-0.3, -0.25) is 4.79 Å². The molecule has 1 heterocycles. The lowest BCUT2D eigenvalue weighted by molar-refractivity contribution is -0.172. The maximum atomic E-state index is 11.9. The van der Waals surface area contributed by atoms with Crippen LogP contribution in [0.4, 0.5) is 24.5 Å². The summed E-state index contributed by atoms with van der Waals surface area (Å²) < 4.78 is 40.1. The Labute approximate surface area is 117 Å². The zero-order valence-electron chi connectivity index (χ0n) is 10.8. The Morgan fingerprint density at radius 1 is 1.38 bits per heavy atom. The van der Waals surface area contributed by atoms with E-state index in [1.807, 2.05) is 0 Å². The second-order valence-corrected chi connectivity index (χ2v) is 4.28. The zero-order valence-corrected chi connectivity index (χ0v) is 10.8. The van der Waals surface area contributed by atoms with E-state index in [4.69, 9.17) is 5.73 Å². The lowest BCUT2D eigenvalue weighted by atomic mass is 10.2. The number of nitrogens with one attached hydrogen (secondary N) is 2. The minimum Gasteiger partial charge on any atom is -0.397 e. The number of halogens is 3. The minimum atomic E-state index is -4.34. The van der Waals surface area contributed by atoms with E-state index in [2.05, 4.69) is 20.0 Å². The molecule has 9 heteroatoms. The number of nitrogens with two attached hydrogens (primary N) is 1. The van der Waals surface area contributed by atoms with Crippen LogP contribution in [0, 0.1) is 0 Å². The molecule has 114 valence electrons. The van der Waals surface area contributed by atoms with Crippen LogP contribution in [-0.4, -0.2) is 35.9 Å². The molecule has 0 amide bonds. The highest BCUT2D eigenvalue weighted by molar-refractivity contribution is 5.88. The summed E-state index contributed by atoms with van der Waals surface area (Å²) in [4.78, 5) is 18.0. The molecule has 0 saturated heterocycles. The number of hydrogen-bond acceptors (Lipinski definition) is 5. The van der Waals surface area contributed by atoms with Gasteiger partial charge in [-0.15, -0.1) is 0 Å². The Morgan fingerprint density at radius 3 is 2.86 bits per heavy atom. The first-order chi connectivity index (χ1) is 9.87. The molecule has 0 aliphatic heterocycles. The van der Waals surface area contributed by atoms with Crippen LogP contribution in [-0.2, 0) is 4.74 Å². The van der Waals surface area contributed by atoms with Gasteiger partial charge in [-0.2, -0.15) is 13.2 Å². The molecule has 1 aromatic heterocycles. The van der Waals surface area contributed by atoms with Crippen LogP contribution in [0.5, 0.6) is 0 Å². The van der Waals surface area contributed by atoms with Crippen LogP contribution in [0.15, 0.2) is 23.3 Å². The van der Waals surface area contributed by atoms with Crippen LogP contribution < -0.4 is 16.6 Å². The summed E-state index contributed by atoms with van der Waals surface area (Å²) in [6, 6.07) is 3.02. The number of rotatable bonds is 5. The molecular weight excluding hydrogens is 289 g/mol. The average Bonchev–Trinajstić information content (AvgIpc) is 2.39. The summed E-state index contributed by atoms with van der Waals surface area (Å²) in [5.74, 6) is 0. The zero-order chi connectivity index (χ0) is 15.5. The van der Waals surface area contributed by atoms with Crippen molar-refractivity contribution >= 4 is 22.3 Å². The number of fused-ring (bicyclic) bond motifs is 1. The fourth-order valence-corrected chi connectivity index (χ4v) is 1.73. The Kier molecular flexibility index (Phi) is 4.32. The number of aromatic amines is 1. The van der Waals surface area contributed by atoms with E-state index in [0.717, 1.165) is 0 Å². The largest absolute Gasteiger partial charge is 0.411 e. The second-order valence-electron chi connectivity index (χ2n) is 4.28. The van der Waals surface area contributed by atoms with Gasteiger partial charge in [0.25, 0.3) is 5.56 Å². The molecule has 0 bridgehead atoms. The fourth-order valence-electron chi connectivity index (χ4n) is 1.73. The third kappa shape index (κ3) is 4.09. The van der Waals surface area contributed by atoms with Crippen molar-refractivity contribution in [2.24, 2.45) is 0 Å². The van der Waals surface area contributed by atoms with E-state index in [0.29, 0.717) is 22.3 Å². The highest BCUT2D eigenvalue weighted by Gasteiger charge is 2.27. The number of hydrogen-bond donors (Lipinski definition) is 3. The summed E-state index contributed by atoms with van der Waals surface area (Å²) in [7, 11) is 0. The van der Waals surface area contributed by atoms with Gasteiger partial charge in [0.1, 0.15) is 6.61 Å². The van der Waals surface area contributed by atoms with E-state index < -0.39 is 12.8 Å². The van der Waals surface area contributed by atoms with Crippen molar-refractivity contribution in [3.8, 4) is 0 Å². The molecule has 0 atom stereocenters. The molecule has 0 radical (unpaired) electrons. The summed E-state index contributed by atoms with van der Waals surface area (Å²) in [6.07, 6.45) is -3.08. The molecule has 4 N–H and O–H groups in total. The molecule has 6 nitrogen and oxygen atoms in total. The van der Waals surface area contributed by atoms with Crippen molar-refractivity contribution in [3.63, 3.8) is 0 Å². The van der Waals surface area contributed by atoms with Crippen LogP contribution in [0.3, 0.4) is 0 Å². The molecule has 2 rings (SSSR count). The number of nitrogens with zero attached hydrogens (tertiary/aromatic N) is 1. The van der Waals surface area contributed by atoms with Gasteiger partial charge in [0.2, 0.25) is 0 Å². The number of nitrogen functional groups attached to an aromatic ring is 1. The van der Waals surface area contributed by atoms with Crippen molar-refractivity contribution in [3.05, 3.63) is 28.8 Å². The summed E-state index contributed by atoms with van der Waals surface area (Å²) in [5.41, 5.74) is 6.68. The van der Waals surface area contributed by atoms with Crippen molar-refractivity contribution in [2.45, 2.75) is 6.18 Å². The summed E-state index contributed by atoms with van der Waals surface area (Å²) in [5, 5.41) is 3.18. The van der Waals surface area contributed by atoms with E-state index in [1.54, 1.807) is 6.07 Å². The van der Waals surface area contributed by atoms with Crippen LogP contribution in [0.2, 0.25) is 0 Å². The Bertz CT molecular complexity index is 684. The molecule has 1 aromatic carbocycles. The third-order valence-corrected chi connectivity index (χ3v) is 2.64. The smallest absolute Gasteiger partial charge is 0.397 e. The minimum absolute atomic E-state index is 0.125. The van der Waals surface area contributed by atoms with Crippen LogP contribution in [0.25, 0.3) is 10.9 Å². The molecule has 21 heavy (non-hydrogen) atoms. The topological polar surface area (TPSA) is 93.0 Å². The first-order valence-electron chi connectivity index (χ1n) is 6.02. The van der Waals surface area contributed by atoms with Gasteiger partial charge in [0.15, 0.2) is 0 Å². The monoisotopic (exact) mass is 302 g/mol. The normalized spacial score (nSPS) is 11.8. The Morgan fingerprint density at radius 2 is 2.14 bits per heavy atom. The van der Waals surface area contributed by atoms with Gasteiger partial charge < -0.3 is 20.8 Å². The number of benzene rings is 1. The van der Waals surface area contributed by atoms with Gasteiger partial charge in [0, 0.05) is 6.54 Å². The first kappa shape index (κ1) is 15.1. The van der Waals surface area contributed by atoms with E-state index in [1.165, 1.54) is 12.4 Å². The summed E-state index contributed by atoms with van der Waals surface area (Å²) >= 11 is 0. The third-order valence-electron chi connectivity index (χ3n) is 2.64. The molecule has 2 aromatic rings. The highest BCUT2D eigenvalue weighted by atomic mass is 19.4. The number of aromatic nitrogens is 2. The van der Waals surface area contributed by atoms with Crippen molar-refractivity contribution in [2.75, 3.05) is 30.8 Å². The molecule has 0 spiro atoms. The number of alkyl halides is 3. The highest BCUT2D eigenvalue weighted by Crippen LogP contribution is 2.22. The maximum absolute atomic E-state index is 11.9. The predicted octanol–water partition coefficient (Wildman–Crippen LogP) is 1.50. The Hall–Kier alpha value is -2.29. The second kappa shape index (κ2) is 6.00. The van der Waals surface area contributed by atoms with Crippen LogP contribution in [0.1, 0.15) is 0 Å². The van der Waals surface area contributed by atoms with Gasteiger partial charge in [-0.05, 0) is 12.1 Å². The lowest BCUT2D eigenvalue weighted by Crippen LogP contribution is -2.20. The van der Waals surface area contributed by atoms with Gasteiger partial charge in [-0.1, -0.05) is 0 Å². The number of ether oxygens (including phenoxy) is 1. The molecule has 0 aliphatic rings. The molecule has 0 unspecified atom stereocenters. The molecule has 0 aliphatic carbocycles. The average molecular weight is 302 g/mol. The molecule has 0 saturated carbocycles. The van der Waals surface area contributed by atoms with Crippen molar-refractivity contribution in [1.82, 2.24) is 9.97 Å². The predicted molar refractivity (Wildman–Crippen MR) is 72.1 cm³/mol. The lowest BCUT2D eigenvalue weighted by Gasteiger charge is -2.11. The molecular formula is C12H13F3N4O2. The van der Waals surface area contributed by atoms with Crippen molar-refractivity contribution < 1.29 is 17.9 Å². The van der Waals surface area contributed by atoms with Crippen LogP contribution >= 0.6 is 0 Å². The standard InChI is InChI=1S/C12H13F3N4O2/c13-12(14,15)5-21-2-1-17-10-4-9-7(3-8(10)16)11(20)19-6-18-9/h3-4,6,17H,1-2,5,16H2,(H,18,19,20). The van der Waals surface area contributed by atoms with Gasteiger partial charge in [-0.25, -0.2) is 4.98 Å². The first-order valence-corrected chi connectivity index (χ1v) is 6.02. The van der Waals surface area contributed by atoms with Gasteiger partial charge >= 0.3 is 6.18 Å². The number of H-pyrrole nitrogens is 1. The quantitative estimate of drug-likeness (QED) is 0.575. The van der Waals surface area contributed by atoms with E-state index in [9.17, 15) is 18.0 Å². The SMILES string of the molecule is Nc1cc2c(=O)[nH]cnc2cc1NCCOCC(F)(F)F. The fraction of sp³-hybridized carbons (Fsp3) is 0.333. The summed E-state index contributed by atoms with van der Waals surface area (Å²) in [6.45, 7) is -1.27. The number of anilines is 2. The van der Waals surface area contributed by atoms with E-state index in [-0.39, 0.29) is 18.7 Å². The van der Waals surface area contributed by atoms with E-state index >= 15 is 0 Å². The Balaban J connectivity index is 1.99.